The summed E-state index contributed by atoms with van der Waals surface area (Å²) in [5, 5.41) is 3.20. The fourth-order valence-electron chi connectivity index (χ4n) is 4.02. The van der Waals surface area contributed by atoms with Gasteiger partial charge in [0.1, 0.15) is 28.2 Å². The molecule has 0 spiro atoms. The zero-order valence-corrected chi connectivity index (χ0v) is 31.2. The van der Waals surface area contributed by atoms with Crippen LogP contribution in [0.5, 0.6) is 5.75 Å². The number of phosphoric ester groups is 1. The number of ether oxygens (including phenoxy) is 3. The number of amides is 1. The van der Waals surface area contributed by atoms with E-state index >= 15 is 0 Å². The summed E-state index contributed by atoms with van der Waals surface area (Å²) in [7, 11) is -14.7. The van der Waals surface area contributed by atoms with Crippen molar-refractivity contribution in [3.05, 3.63) is 40.9 Å². The standard InChI is InChI=1S/C15H20N2O3S2.C8H14N3O12P3S/c1-9(2)20-15(18)17-12-7-10(19-3)5-6-11(12)16-14(21)13(17)8-22-4;9-5-1-2-11(8(12)10-5)6-4-27-7(21-6)3-20-25(16,17)23-26(18,19)22-24(13,14)15/h5-7,9,13H,8H2,1-4H3,(H,16,21);1-2,6-7H,3-4H2,(H,16,17)(H,18,19)(H2,9,10,12)(H2,13,14,15)/t13-;6-,7+/m00/s1. The van der Waals surface area contributed by atoms with Gasteiger partial charge in [-0.3, -0.25) is 14.0 Å². The molecule has 26 heteroatoms. The van der Waals surface area contributed by atoms with Crippen molar-refractivity contribution in [1.82, 2.24) is 9.55 Å². The largest absolute Gasteiger partial charge is 0.497 e. The molecule has 0 bridgehead atoms. The number of carbonyl (C=O) groups is 1. The minimum Gasteiger partial charge on any atom is -0.497 e. The van der Waals surface area contributed by atoms with E-state index < -0.39 is 53.5 Å². The molecule has 3 heterocycles. The molecular formula is C23H34N5O15P3S3. The summed E-state index contributed by atoms with van der Waals surface area (Å²) in [6.45, 7) is 3.03. The summed E-state index contributed by atoms with van der Waals surface area (Å²) < 4.78 is 62.2. The highest BCUT2D eigenvalue weighted by molar-refractivity contribution is 8.00. The highest BCUT2D eigenvalue weighted by atomic mass is 32.2. The summed E-state index contributed by atoms with van der Waals surface area (Å²) in [5.41, 5.74) is 5.33. The molecule has 0 aliphatic carbocycles. The summed E-state index contributed by atoms with van der Waals surface area (Å²) >= 11 is 8.15. The zero-order valence-electron chi connectivity index (χ0n) is 26.1. The Balaban J connectivity index is 0.000000271. The molecule has 7 N–H and O–H groups in total. The fourth-order valence-corrected chi connectivity index (χ4v) is 9.16. The molecule has 1 aromatic carbocycles. The van der Waals surface area contributed by atoms with Crippen LogP contribution >= 0.6 is 59.2 Å². The van der Waals surface area contributed by atoms with Crippen LogP contribution in [-0.4, -0.2) is 89.3 Å². The highest BCUT2D eigenvalue weighted by Crippen LogP contribution is 2.66. The topological polar surface area (TPSA) is 281 Å². The van der Waals surface area contributed by atoms with Crippen molar-refractivity contribution in [1.29, 1.82) is 0 Å². The molecule has 0 radical (unpaired) electrons. The zero-order chi connectivity index (χ0) is 36.7. The number of nitrogen functional groups attached to an aromatic ring is 1. The minimum atomic E-state index is -5.58. The number of hydrogen-bond acceptors (Lipinski definition) is 16. The summed E-state index contributed by atoms with van der Waals surface area (Å²) in [6.07, 6.45) is 1.97. The lowest BCUT2D eigenvalue weighted by Gasteiger charge is -2.37. The molecule has 0 saturated carbocycles. The minimum absolute atomic E-state index is 0.0195. The highest BCUT2D eigenvalue weighted by Gasteiger charge is 2.42. The first kappa shape index (κ1) is 41.4. The average Bonchev–Trinajstić information content (AvgIpc) is 3.43. The van der Waals surface area contributed by atoms with Crippen LogP contribution in [0.3, 0.4) is 0 Å². The molecule has 49 heavy (non-hydrogen) atoms. The van der Waals surface area contributed by atoms with E-state index in [2.05, 4.69) is 23.4 Å². The Kier molecular flexibility index (Phi) is 14.7. The van der Waals surface area contributed by atoms with Crippen LogP contribution in [0, 0.1) is 0 Å². The van der Waals surface area contributed by atoms with E-state index in [4.69, 9.17) is 46.8 Å². The van der Waals surface area contributed by atoms with Crippen molar-refractivity contribution in [2.75, 3.05) is 47.4 Å². The smallest absolute Gasteiger partial charge is 0.490 e. The third kappa shape index (κ3) is 12.6. The van der Waals surface area contributed by atoms with E-state index in [1.54, 1.807) is 23.8 Å². The van der Waals surface area contributed by atoms with Gasteiger partial charge < -0.3 is 44.8 Å². The third-order valence-corrected chi connectivity index (χ3v) is 11.8. The van der Waals surface area contributed by atoms with Crippen LogP contribution in [0.15, 0.2) is 35.3 Å². The van der Waals surface area contributed by atoms with E-state index in [1.165, 1.54) is 12.3 Å². The summed E-state index contributed by atoms with van der Waals surface area (Å²) in [6, 6.07) is 6.63. The summed E-state index contributed by atoms with van der Waals surface area (Å²) in [5.74, 6) is 1.63. The quantitative estimate of drug-likeness (QED) is 0.132. The second-order valence-electron chi connectivity index (χ2n) is 9.93. The fraction of sp³-hybridized carbons (Fsp3) is 0.478. The molecule has 1 saturated heterocycles. The second kappa shape index (κ2) is 17.4. The van der Waals surface area contributed by atoms with Gasteiger partial charge in [-0.05, 0) is 38.3 Å². The first-order chi connectivity index (χ1) is 22.7. The molecule has 1 fully saturated rings. The molecule has 2 aromatic rings. The second-order valence-corrected chi connectivity index (χ2v) is 16.9. The SMILES string of the molecule is COc1ccc2c(c1)N(C(=O)OC(C)C)[C@@H](CSC)C(=S)N2.Nc1ccn([C@@H]2CS[C@H](COP(=O)(O)OP(=O)(O)OP(=O)(O)O)O2)c(=O)n1. The van der Waals surface area contributed by atoms with Gasteiger partial charge >= 0.3 is 35.3 Å². The van der Waals surface area contributed by atoms with Gasteiger partial charge in [-0.2, -0.15) is 25.4 Å². The average molecular weight is 810 g/mol. The van der Waals surface area contributed by atoms with Crippen molar-refractivity contribution in [3.63, 3.8) is 0 Å². The van der Waals surface area contributed by atoms with Gasteiger partial charge in [0.15, 0.2) is 0 Å². The lowest BCUT2D eigenvalue weighted by molar-refractivity contribution is -0.00646. The monoisotopic (exact) mass is 809 g/mol. The lowest BCUT2D eigenvalue weighted by atomic mass is 10.1. The Morgan fingerprint density at radius 3 is 2.49 bits per heavy atom. The number of carbonyl (C=O) groups excluding carboxylic acids is 1. The van der Waals surface area contributed by atoms with Gasteiger partial charge in [0.25, 0.3) is 0 Å². The predicted molar refractivity (Wildman–Crippen MR) is 185 cm³/mol. The molecule has 20 nitrogen and oxygen atoms in total. The van der Waals surface area contributed by atoms with E-state index in [0.29, 0.717) is 16.5 Å². The molecule has 2 aliphatic heterocycles. The van der Waals surface area contributed by atoms with E-state index in [1.807, 2.05) is 38.3 Å². The van der Waals surface area contributed by atoms with Gasteiger partial charge in [0.2, 0.25) is 0 Å². The predicted octanol–water partition coefficient (Wildman–Crippen LogP) is 3.29. The molecule has 274 valence electrons. The number of nitrogens with one attached hydrogen (secondary N) is 1. The van der Waals surface area contributed by atoms with Crippen LogP contribution in [0.2, 0.25) is 0 Å². The van der Waals surface area contributed by atoms with Crippen LogP contribution in [0.4, 0.5) is 22.0 Å². The molecule has 1 amide bonds. The van der Waals surface area contributed by atoms with Gasteiger partial charge in [-0.1, -0.05) is 12.2 Å². The van der Waals surface area contributed by atoms with Crippen molar-refractivity contribution in [3.8, 4) is 5.75 Å². The van der Waals surface area contributed by atoms with Crippen molar-refractivity contribution < 1.29 is 65.4 Å². The Morgan fingerprint density at radius 1 is 1.20 bits per heavy atom. The Hall–Kier alpha value is -2.07. The normalized spacial score (nSPS) is 21.4. The van der Waals surface area contributed by atoms with Gasteiger partial charge in [0, 0.05) is 23.8 Å². The number of methoxy groups -OCH3 is 1. The Morgan fingerprint density at radius 2 is 1.90 bits per heavy atom. The number of benzene rings is 1. The van der Waals surface area contributed by atoms with E-state index in [9.17, 15) is 28.2 Å². The van der Waals surface area contributed by atoms with Crippen molar-refractivity contribution >= 4 is 87.5 Å². The van der Waals surface area contributed by atoms with Crippen molar-refractivity contribution in [2.45, 2.75) is 37.7 Å². The number of rotatable bonds is 12. The number of phosphoric acid groups is 3. The first-order valence-corrected chi connectivity index (χ1v) is 21.0. The molecule has 5 atom stereocenters. The number of aromatic nitrogens is 2. The number of nitrogens with two attached hydrogens (primary N) is 1. The van der Waals surface area contributed by atoms with Gasteiger partial charge in [-0.25, -0.2) is 23.3 Å². The molecule has 2 aliphatic rings. The van der Waals surface area contributed by atoms with Crippen molar-refractivity contribution in [2.24, 2.45) is 0 Å². The van der Waals surface area contributed by atoms with E-state index in [-0.39, 0.29) is 23.7 Å². The van der Waals surface area contributed by atoms with Crippen LogP contribution in [0.1, 0.15) is 20.1 Å². The number of hydrogen-bond donors (Lipinski definition) is 6. The number of fused-ring (bicyclic) bond motifs is 1. The van der Waals surface area contributed by atoms with Gasteiger partial charge in [0.05, 0.1) is 37.2 Å². The number of thiocarbonyl (C=S) groups is 1. The maximum atomic E-state index is 12.6. The van der Waals surface area contributed by atoms with Crippen LogP contribution in [-0.2, 0) is 36.3 Å². The Bertz CT molecular complexity index is 1710. The van der Waals surface area contributed by atoms with Gasteiger partial charge in [-0.15, -0.1) is 11.8 Å². The number of anilines is 3. The summed E-state index contributed by atoms with van der Waals surface area (Å²) in [4.78, 5) is 65.3. The maximum Gasteiger partial charge on any atom is 0.490 e. The third-order valence-electron chi connectivity index (χ3n) is 5.88. The van der Waals surface area contributed by atoms with Crippen LogP contribution < -0.4 is 26.4 Å². The molecule has 4 rings (SSSR count). The lowest BCUT2D eigenvalue weighted by Crippen LogP contribution is -2.52. The van der Waals surface area contributed by atoms with Crippen LogP contribution in [0.25, 0.3) is 0 Å². The molecular weight excluding hydrogens is 775 g/mol. The Labute approximate surface area is 293 Å². The first-order valence-electron chi connectivity index (χ1n) is 13.6. The molecule has 1 aromatic heterocycles. The number of thioether (sulfide) groups is 2. The van der Waals surface area contributed by atoms with E-state index in [0.717, 1.165) is 27.7 Å². The maximum absolute atomic E-state index is 12.6. The molecule has 2 unspecified atom stereocenters. The number of nitrogens with zero attached hydrogens (tertiary/aromatic N) is 3.